The number of halogens is 2. The van der Waals surface area contributed by atoms with Crippen molar-refractivity contribution in [2.24, 2.45) is 11.8 Å². The van der Waals surface area contributed by atoms with Gasteiger partial charge in [-0.05, 0) is 48.4 Å². The van der Waals surface area contributed by atoms with Crippen LogP contribution in [-0.2, 0) is 32.2 Å². The Kier molecular flexibility index (Phi) is 13.1. The quantitative estimate of drug-likeness (QED) is 0.237. The van der Waals surface area contributed by atoms with Gasteiger partial charge in [-0.25, -0.2) is 4.79 Å². The molecule has 10 nitrogen and oxygen atoms in total. The molecule has 238 valence electrons. The van der Waals surface area contributed by atoms with Gasteiger partial charge in [0.25, 0.3) is 0 Å². The number of carbonyl (C=O) groups is 2. The fourth-order valence-electron chi connectivity index (χ4n) is 4.94. The van der Waals surface area contributed by atoms with E-state index in [-0.39, 0.29) is 39.8 Å². The Hall–Kier alpha value is -2.44. The molecule has 0 radical (unpaired) electrons. The smallest absolute Gasteiger partial charge is 0.339 e. The number of ether oxygens (including phenoxy) is 4. The summed E-state index contributed by atoms with van der Waals surface area (Å²) in [4.78, 5) is 25.7. The number of methoxy groups -OCH3 is 1. The van der Waals surface area contributed by atoms with E-state index in [2.05, 4.69) is 19.2 Å². The fourth-order valence-corrected chi connectivity index (χ4v) is 5.51. The SMILES string of the molecule is CC[C@@H](CC(C)C)C(=O)NCc1cccc(COc2c(Cl)cc(C(=O)O[C@H]3[C@@H](OC)O[C@H](CO)[C@@H](O)[C@@H]3O)c(C)c2Cl)c1. The highest BCUT2D eigenvalue weighted by Crippen LogP contribution is 2.39. The second-order valence-electron chi connectivity index (χ2n) is 11.0. The lowest BCUT2D eigenvalue weighted by Crippen LogP contribution is -2.60. The first kappa shape index (κ1) is 35.0. The number of aliphatic hydroxyl groups excluding tert-OH is 3. The van der Waals surface area contributed by atoms with Crippen LogP contribution in [0.3, 0.4) is 0 Å². The molecule has 1 heterocycles. The first-order valence-electron chi connectivity index (χ1n) is 14.2. The van der Waals surface area contributed by atoms with E-state index in [9.17, 15) is 24.9 Å². The molecular weight excluding hydrogens is 601 g/mol. The number of hydrogen-bond acceptors (Lipinski definition) is 9. The van der Waals surface area contributed by atoms with Crippen LogP contribution in [0, 0.1) is 18.8 Å². The Balaban J connectivity index is 1.68. The van der Waals surface area contributed by atoms with Crippen LogP contribution in [0.2, 0.25) is 10.0 Å². The van der Waals surface area contributed by atoms with E-state index in [1.165, 1.54) is 13.2 Å². The van der Waals surface area contributed by atoms with E-state index < -0.39 is 43.3 Å². The van der Waals surface area contributed by atoms with Gasteiger partial charge in [-0.2, -0.15) is 0 Å². The van der Waals surface area contributed by atoms with Crippen molar-refractivity contribution >= 4 is 35.1 Å². The van der Waals surface area contributed by atoms with Crippen LogP contribution in [-0.4, -0.2) is 71.6 Å². The zero-order valence-corrected chi connectivity index (χ0v) is 26.5. The molecule has 1 aliphatic heterocycles. The first-order chi connectivity index (χ1) is 20.4. The molecule has 0 aliphatic carbocycles. The molecule has 4 N–H and O–H groups in total. The van der Waals surface area contributed by atoms with Crippen LogP contribution < -0.4 is 10.1 Å². The summed E-state index contributed by atoms with van der Waals surface area (Å²) in [7, 11) is 1.27. The highest BCUT2D eigenvalue weighted by Gasteiger charge is 2.47. The molecule has 0 spiro atoms. The van der Waals surface area contributed by atoms with Crippen LogP contribution in [0.4, 0.5) is 0 Å². The lowest BCUT2D eigenvalue weighted by atomic mass is 9.94. The summed E-state index contributed by atoms with van der Waals surface area (Å²) in [6, 6.07) is 8.93. The van der Waals surface area contributed by atoms with Crippen molar-refractivity contribution in [1.29, 1.82) is 0 Å². The molecule has 0 saturated carbocycles. The van der Waals surface area contributed by atoms with Crippen LogP contribution in [0.5, 0.6) is 5.75 Å². The topological polar surface area (TPSA) is 144 Å². The zero-order valence-electron chi connectivity index (χ0n) is 25.0. The van der Waals surface area contributed by atoms with Crippen molar-refractivity contribution in [2.75, 3.05) is 13.7 Å². The predicted octanol–water partition coefficient (Wildman–Crippen LogP) is 4.18. The number of rotatable bonds is 13. The molecule has 6 atom stereocenters. The summed E-state index contributed by atoms with van der Waals surface area (Å²) in [6.07, 6.45) is -5.19. The third-order valence-electron chi connectivity index (χ3n) is 7.40. The summed E-state index contributed by atoms with van der Waals surface area (Å²) in [5.74, 6) is -0.250. The standard InChI is InChI=1S/C31H41Cl2NO9/c1-6-20(10-16(2)3)29(38)34-13-18-8-7-9-19(11-18)15-41-27-22(32)12-21(17(4)24(27)33)30(39)43-28-26(37)25(36)23(14-35)42-31(28)40-5/h7-9,11-12,16,20,23,25-26,28,31,35-37H,6,10,13-15H2,1-5H3,(H,34,38)/t20-,23+,25+,26-,28+,31-/m0/s1. The van der Waals surface area contributed by atoms with Crippen molar-refractivity contribution in [1.82, 2.24) is 5.32 Å². The number of amides is 1. The summed E-state index contributed by atoms with van der Waals surface area (Å²) in [6.45, 7) is 7.77. The molecule has 12 heteroatoms. The van der Waals surface area contributed by atoms with Gasteiger partial charge >= 0.3 is 5.97 Å². The zero-order chi connectivity index (χ0) is 31.8. The Morgan fingerprint density at radius 1 is 1.12 bits per heavy atom. The number of nitrogens with one attached hydrogen (secondary N) is 1. The van der Waals surface area contributed by atoms with Crippen molar-refractivity contribution in [3.8, 4) is 5.75 Å². The van der Waals surface area contributed by atoms with E-state index in [1.807, 2.05) is 31.2 Å². The number of aliphatic hydroxyl groups is 3. The van der Waals surface area contributed by atoms with Gasteiger partial charge in [0.1, 0.15) is 24.9 Å². The minimum atomic E-state index is -1.58. The maximum atomic E-state index is 13.1. The van der Waals surface area contributed by atoms with Gasteiger partial charge in [-0.3, -0.25) is 4.79 Å². The van der Waals surface area contributed by atoms with Crippen molar-refractivity contribution in [2.45, 2.75) is 84.4 Å². The van der Waals surface area contributed by atoms with E-state index in [0.717, 1.165) is 24.0 Å². The molecule has 0 aromatic heterocycles. The molecule has 2 aromatic carbocycles. The predicted molar refractivity (Wildman–Crippen MR) is 161 cm³/mol. The third-order valence-corrected chi connectivity index (χ3v) is 8.14. The van der Waals surface area contributed by atoms with Crippen molar-refractivity contribution in [3.05, 3.63) is 62.6 Å². The van der Waals surface area contributed by atoms with Gasteiger partial charge < -0.3 is 39.6 Å². The average Bonchev–Trinajstić information content (AvgIpc) is 2.98. The summed E-state index contributed by atoms with van der Waals surface area (Å²) < 4.78 is 21.9. The summed E-state index contributed by atoms with van der Waals surface area (Å²) in [5.41, 5.74) is 2.08. The summed E-state index contributed by atoms with van der Waals surface area (Å²) >= 11 is 13.0. The highest BCUT2D eigenvalue weighted by atomic mass is 35.5. The lowest BCUT2D eigenvalue weighted by molar-refractivity contribution is -0.293. The maximum Gasteiger partial charge on any atom is 0.339 e. The molecule has 2 aromatic rings. The fraction of sp³-hybridized carbons (Fsp3) is 0.548. The Bertz CT molecular complexity index is 1260. The van der Waals surface area contributed by atoms with Crippen LogP contribution in [0.15, 0.2) is 30.3 Å². The van der Waals surface area contributed by atoms with Gasteiger partial charge in [-0.15, -0.1) is 0 Å². The number of benzene rings is 2. The maximum absolute atomic E-state index is 13.1. The number of esters is 1. The van der Waals surface area contributed by atoms with Crippen LogP contribution in [0.25, 0.3) is 0 Å². The van der Waals surface area contributed by atoms with E-state index in [1.54, 1.807) is 6.92 Å². The monoisotopic (exact) mass is 641 g/mol. The second-order valence-corrected chi connectivity index (χ2v) is 11.8. The van der Waals surface area contributed by atoms with E-state index in [0.29, 0.717) is 18.0 Å². The number of carbonyl (C=O) groups excluding carboxylic acids is 2. The molecule has 1 aliphatic rings. The second kappa shape index (κ2) is 16.0. The Morgan fingerprint density at radius 2 is 1.81 bits per heavy atom. The van der Waals surface area contributed by atoms with Crippen molar-refractivity contribution < 1.29 is 43.9 Å². The van der Waals surface area contributed by atoms with E-state index >= 15 is 0 Å². The molecule has 0 unspecified atom stereocenters. The van der Waals surface area contributed by atoms with Gasteiger partial charge in [0.05, 0.1) is 22.2 Å². The number of hydrogen-bond donors (Lipinski definition) is 4. The molecular formula is C31H41Cl2NO9. The first-order valence-corrected chi connectivity index (χ1v) is 15.0. The van der Waals surface area contributed by atoms with Gasteiger partial charge in [-0.1, -0.05) is 68.2 Å². The molecule has 1 amide bonds. The largest absolute Gasteiger partial charge is 0.486 e. The van der Waals surface area contributed by atoms with Gasteiger partial charge in [0, 0.05) is 19.6 Å². The summed E-state index contributed by atoms with van der Waals surface area (Å²) in [5, 5.41) is 33.3. The Morgan fingerprint density at radius 3 is 2.44 bits per heavy atom. The Labute approximate surface area is 262 Å². The minimum Gasteiger partial charge on any atom is -0.486 e. The van der Waals surface area contributed by atoms with E-state index in [4.69, 9.17) is 42.1 Å². The molecule has 3 rings (SSSR count). The van der Waals surface area contributed by atoms with Crippen LogP contribution in [0.1, 0.15) is 60.7 Å². The van der Waals surface area contributed by atoms with Gasteiger partial charge in [0.2, 0.25) is 5.91 Å². The normalized spacial score (nSPS) is 22.7. The van der Waals surface area contributed by atoms with Crippen LogP contribution >= 0.6 is 23.2 Å². The molecule has 43 heavy (non-hydrogen) atoms. The van der Waals surface area contributed by atoms with Gasteiger partial charge in [0.15, 0.2) is 18.1 Å². The molecule has 1 saturated heterocycles. The highest BCUT2D eigenvalue weighted by molar-refractivity contribution is 6.38. The van der Waals surface area contributed by atoms with Crippen molar-refractivity contribution in [3.63, 3.8) is 0 Å². The molecule has 0 bridgehead atoms. The third kappa shape index (κ3) is 8.82. The minimum absolute atomic E-state index is 0.0174. The molecule has 1 fully saturated rings. The lowest BCUT2D eigenvalue weighted by Gasteiger charge is -2.40. The average molecular weight is 643 g/mol.